The second kappa shape index (κ2) is 5.61. The fourth-order valence-corrected chi connectivity index (χ4v) is 3.03. The molecule has 0 aliphatic carbocycles. The molecule has 0 atom stereocenters. The van der Waals surface area contributed by atoms with Crippen molar-refractivity contribution in [1.29, 1.82) is 0 Å². The highest BCUT2D eigenvalue weighted by atomic mass is 32.1. The SMILES string of the molecule is CC(C)(C)c1csc(NC(=O)Cc2ccc3c(c2)OCO3)n1. The number of nitrogens with one attached hydrogen (secondary N) is 1. The van der Waals surface area contributed by atoms with E-state index in [4.69, 9.17) is 9.47 Å². The first kappa shape index (κ1) is 14.8. The number of nitrogens with zero attached hydrogens (tertiary/aromatic N) is 1. The van der Waals surface area contributed by atoms with Crippen LogP contribution in [0.1, 0.15) is 32.0 Å². The van der Waals surface area contributed by atoms with Crippen LogP contribution in [0.25, 0.3) is 0 Å². The van der Waals surface area contributed by atoms with Crippen LogP contribution < -0.4 is 14.8 Å². The van der Waals surface area contributed by atoms with Crippen LogP contribution in [-0.4, -0.2) is 17.7 Å². The lowest BCUT2D eigenvalue weighted by Gasteiger charge is -2.14. The Kier molecular flexibility index (Phi) is 3.78. The fourth-order valence-electron chi connectivity index (χ4n) is 2.08. The molecule has 1 aliphatic heterocycles. The van der Waals surface area contributed by atoms with Crippen LogP contribution in [0.3, 0.4) is 0 Å². The molecule has 6 heteroatoms. The number of rotatable bonds is 3. The van der Waals surface area contributed by atoms with Gasteiger partial charge in [-0.2, -0.15) is 0 Å². The van der Waals surface area contributed by atoms with Crippen LogP contribution in [0.5, 0.6) is 11.5 Å². The van der Waals surface area contributed by atoms with Crippen molar-refractivity contribution in [2.75, 3.05) is 12.1 Å². The molecule has 0 bridgehead atoms. The largest absolute Gasteiger partial charge is 0.454 e. The molecule has 1 N–H and O–H groups in total. The Morgan fingerprint density at radius 2 is 2.09 bits per heavy atom. The van der Waals surface area contributed by atoms with Gasteiger partial charge in [-0.25, -0.2) is 4.98 Å². The number of fused-ring (bicyclic) bond motifs is 1. The number of anilines is 1. The third-order valence-electron chi connectivity index (χ3n) is 3.32. The maximum atomic E-state index is 12.1. The molecule has 116 valence electrons. The van der Waals surface area contributed by atoms with Gasteiger partial charge >= 0.3 is 0 Å². The molecule has 2 aromatic rings. The maximum Gasteiger partial charge on any atom is 0.231 e. The molecule has 22 heavy (non-hydrogen) atoms. The van der Waals surface area contributed by atoms with Gasteiger partial charge in [0.25, 0.3) is 0 Å². The average Bonchev–Trinajstić information content (AvgIpc) is 3.05. The lowest BCUT2D eigenvalue weighted by atomic mass is 9.93. The molecule has 0 fully saturated rings. The normalized spacial score (nSPS) is 13.2. The van der Waals surface area contributed by atoms with Gasteiger partial charge in [-0.15, -0.1) is 11.3 Å². The Labute approximate surface area is 133 Å². The highest BCUT2D eigenvalue weighted by Crippen LogP contribution is 2.32. The molecule has 0 radical (unpaired) electrons. The molecule has 0 saturated carbocycles. The molecule has 0 spiro atoms. The third-order valence-corrected chi connectivity index (χ3v) is 4.08. The maximum absolute atomic E-state index is 12.1. The highest BCUT2D eigenvalue weighted by Gasteiger charge is 2.19. The van der Waals surface area contributed by atoms with E-state index in [0.717, 1.165) is 17.0 Å². The molecule has 1 aromatic carbocycles. The molecule has 3 rings (SSSR count). The summed E-state index contributed by atoms with van der Waals surface area (Å²) < 4.78 is 10.6. The van der Waals surface area contributed by atoms with E-state index < -0.39 is 0 Å². The second-order valence-electron chi connectivity index (χ2n) is 6.20. The number of carbonyl (C=O) groups excluding carboxylic acids is 1. The number of ether oxygens (including phenoxy) is 2. The zero-order chi connectivity index (χ0) is 15.7. The first-order valence-electron chi connectivity index (χ1n) is 7.06. The summed E-state index contributed by atoms with van der Waals surface area (Å²) in [7, 11) is 0. The minimum absolute atomic E-state index is 0.0171. The number of amides is 1. The predicted octanol–water partition coefficient (Wildman–Crippen LogP) is 3.35. The van der Waals surface area contributed by atoms with Crippen molar-refractivity contribution in [2.24, 2.45) is 0 Å². The van der Waals surface area contributed by atoms with Crippen molar-refractivity contribution in [1.82, 2.24) is 4.98 Å². The Morgan fingerprint density at radius 3 is 2.82 bits per heavy atom. The van der Waals surface area contributed by atoms with E-state index in [2.05, 4.69) is 31.1 Å². The van der Waals surface area contributed by atoms with Crippen LogP contribution in [0.2, 0.25) is 0 Å². The standard InChI is InChI=1S/C16H18N2O3S/c1-16(2,3)13-8-22-15(17-13)18-14(19)7-10-4-5-11-12(6-10)21-9-20-11/h4-6,8H,7,9H2,1-3H3,(H,17,18,19). The summed E-state index contributed by atoms with van der Waals surface area (Å²) in [6.07, 6.45) is 0.279. The average molecular weight is 318 g/mol. The van der Waals surface area contributed by atoms with Crippen molar-refractivity contribution in [3.8, 4) is 11.5 Å². The van der Waals surface area contributed by atoms with Crippen molar-refractivity contribution >= 4 is 22.4 Å². The van der Waals surface area contributed by atoms with Gasteiger partial charge in [0.2, 0.25) is 12.7 Å². The van der Waals surface area contributed by atoms with Crippen LogP contribution in [0.15, 0.2) is 23.6 Å². The number of hydrogen-bond donors (Lipinski definition) is 1. The zero-order valence-electron chi connectivity index (χ0n) is 12.8. The zero-order valence-corrected chi connectivity index (χ0v) is 13.6. The molecule has 1 aliphatic rings. The third kappa shape index (κ3) is 3.22. The van der Waals surface area contributed by atoms with E-state index in [0.29, 0.717) is 10.9 Å². The van der Waals surface area contributed by atoms with Gasteiger partial charge in [-0.1, -0.05) is 26.8 Å². The Bertz CT molecular complexity index is 704. The van der Waals surface area contributed by atoms with Gasteiger partial charge in [0.1, 0.15) is 0 Å². The highest BCUT2D eigenvalue weighted by molar-refractivity contribution is 7.13. The van der Waals surface area contributed by atoms with Gasteiger partial charge in [0, 0.05) is 10.8 Å². The van der Waals surface area contributed by atoms with E-state index in [-0.39, 0.29) is 24.5 Å². The summed E-state index contributed by atoms with van der Waals surface area (Å²) in [6, 6.07) is 5.53. The summed E-state index contributed by atoms with van der Waals surface area (Å²) in [5, 5.41) is 5.46. The smallest absolute Gasteiger partial charge is 0.231 e. The summed E-state index contributed by atoms with van der Waals surface area (Å²) in [5.41, 5.74) is 1.85. The number of hydrogen-bond acceptors (Lipinski definition) is 5. The van der Waals surface area contributed by atoms with Gasteiger partial charge in [0.15, 0.2) is 16.6 Å². The van der Waals surface area contributed by atoms with E-state index in [1.54, 1.807) is 0 Å². The minimum Gasteiger partial charge on any atom is -0.454 e. The Morgan fingerprint density at radius 1 is 1.32 bits per heavy atom. The molecular formula is C16H18N2O3S. The predicted molar refractivity (Wildman–Crippen MR) is 85.7 cm³/mol. The monoisotopic (exact) mass is 318 g/mol. The van der Waals surface area contributed by atoms with E-state index in [9.17, 15) is 4.79 Å². The molecule has 5 nitrogen and oxygen atoms in total. The van der Waals surface area contributed by atoms with Gasteiger partial charge in [0.05, 0.1) is 12.1 Å². The topological polar surface area (TPSA) is 60.5 Å². The van der Waals surface area contributed by atoms with E-state index in [1.807, 2.05) is 23.6 Å². The summed E-state index contributed by atoms with van der Waals surface area (Å²) in [6.45, 7) is 6.53. The number of benzene rings is 1. The number of thiazole rings is 1. The van der Waals surface area contributed by atoms with Crippen molar-refractivity contribution < 1.29 is 14.3 Å². The Balaban J connectivity index is 1.64. The van der Waals surface area contributed by atoms with Crippen LogP contribution in [-0.2, 0) is 16.6 Å². The quantitative estimate of drug-likeness (QED) is 0.943. The van der Waals surface area contributed by atoms with Crippen LogP contribution in [0, 0.1) is 0 Å². The molecular weight excluding hydrogens is 300 g/mol. The van der Waals surface area contributed by atoms with E-state index >= 15 is 0 Å². The summed E-state index contributed by atoms with van der Waals surface area (Å²) in [4.78, 5) is 16.6. The number of carbonyl (C=O) groups is 1. The summed E-state index contributed by atoms with van der Waals surface area (Å²) in [5.74, 6) is 1.32. The van der Waals surface area contributed by atoms with Crippen molar-refractivity contribution in [2.45, 2.75) is 32.6 Å². The molecule has 1 aromatic heterocycles. The first-order valence-corrected chi connectivity index (χ1v) is 7.94. The van der Waals surface area contributed by atoms with E-state index in [1.165, 1.54) is 11.3 Å². The van der Waals surface area contributed by atoms with Crippen LogP contribution in [0.4, 0.5) is 5.13 Å². The Hall–Kier alpha value is -2.08. The van der Waals surface area contributed by atoms with Crippen molar-refractivity contribution in [3.05, 3.63) is 34.8 Å². The van der Waals surface area contributed by atoms with Gasteiger partial charge in [-0.3, -0.25) is 4.79 Å². The number of aromatic nitrogens is 1. The van der Waals surface area contributed by atoms with Gasteiger partial charge in [-0.05, 0) is 17.7 Å². The van der Waals surface area contributed by atoms with Crippen LogP contribution >= 0.6 is 11.3 Å². The summed E-state index contributed by atoms with van der Waals surface area (Å²) >= 11 is 1.45. The molecule has 2 heterocycles. The molecule has 0 unspecified atom stereocenters. The second-order valence-corrected chi connectivity index (χ2v) is 7.06. The van der Waals surface area contributed by atoms with Crippen molar-refractivity contribution in [3.63, 3.8) is 0 Å². The fraction of sp³-hybridized carbons (Fsp3) is 0.375. The first-order chi connectivity index (χ1) is 10.4. The lowest BCUT2D eigenvalue weighted by Crippen LogP contribution is -2.15. The molecule has 0 saturated heterocycles. The van der Waals surface area contributed by atoms with Gasteiger partial charge < -0.3 is 14.8 Å². The lowest BCUT2D eigenvalue weighted by molar-refractivity contribution is -0.115. The molecule has 1 amide bonds. The minimum atomic E-state index is -0.0892.